The van der Waals surface area contributed by atoms with Gasteiger partial charge in [0, 0.05) is 18.0 Å². The Morgan fingerprint density at radius 2 is 2.23 bits per heavy atom. The number of hydrogen-bond donors (Lipinski definition) is 3. The third-order valence-corrected chi connectivity index (χ3v) is 4.47. The number of hydrogen-bond acceptors (Lipinski definition) is 5. The molecule has 0 fully saturated rings. The van der Waals surface area contributed by atoms with Gasteiger partial charge in [0.2, 0.25) is 11.8 Å². The van der Waals surface area contributed by atoms with Crippen LogP contribution in [-0.2, 0) is 16.1 Å². The minimum atomic E-state index is -0.568. The quantitative estimate of drug-likeness (QED) is 0.663. The highest BCUT2D eigenvalue weighted by molar-refractivity contribution is 6.02. The molecule has 8 heteroatoms. The van der Waals surface area contributed by atoms with Crippen molar-refractivity contribution < 1.29 is 14.3 Å². The van der Waals surface area contributed by atoms with Crippen LogP contribution in [0.25, 0.3) is 11.0 Å². The molecule has 0 bridgehead atoms. The predicted octanol–water partition coefficient (Wildman–Crippen LogP) is 1.71. The summed E-state index contributed by atoms with van der Waals surface area (Å²) in [5, 5.41) is 13.5. The highest BCUT2D eigenvalue weighted by Crippen LogP contribution is 2.38. The van der Waals surface area contributed by atoms with E-state index in [9.17, 15) is 9.59 Å². The Labute approximate surface area is 149 Å². The highest BCUT2D eigenvalue weighted by Gasteiger charge is 2.32. The molecule has 1 aliphatic rings. The number of H-pyrrole nitrogens is 1. The maximum absolute atomic E-state index is 12.8. The lowest BCUT2D eigenvalue weighted by atomic mass is 9.89. The molecule has 0 aliphatic carbocycles. The van der Waals surface area contributed by atoms with Crippen molar-refractivity contribution in [1.29, 1.82) is 0 Å². The number of ether oxygens (including phenoxy) is 1. The second kappa shape index (κ2) is 6.47. The van der Waals surface area contributed by atoms with Crippen molar-refractivity contribution in [3.63, 3.8) is 0 Å². The zero-order valence-corrected chi connectivity index (χ0v) is 14.1. The summed E-state index contributed by atoms with van der Waals surface area (Å²) >= 11 is 0. The van der Waals surface area contributed by atoms with Crippen LogP contribution in [0.4, 0.5) is 5.69 Å². The van der Waals surface area contributed by atoms with E-state index < -0.39 is 5.92 Å². The number of nitrogens with zero attached hydrogens (tertiary/aromatic N) is 2. The van der Waals surface area contributed by atoms with Crippen LogP contribution in [0.1, 0.15) is 23.6 Å². The molecule has 3 aromatic rings. The van der Waals surface area contributed by atoms with Gasteiger partial charge < -0.3 is 15.4 Å². The second-order valence-electron chi connectivity index (χ2n) is 6.02. The van der Waals surface area contributed by atoms with Gasteiger partial charge in [-0.3, -0.25) is 14.7 Å². The number of carbonyl (C=O) groups is 2. The van der Waals surface area contributed by atoms with Crippen molar-refractivity contribution in [2.75, 3.05) is 12.4 Å². The molecule has 26 heavy (non-hydrogen) atoms. The summed E-state index contributed by atoms with van der Waals surface area (Å²) < 4.78 is 5.29. The van der Waals surface area contributed by atoms with E-state index in [1.165, 1.54) is 7.11 Å². The predicted molar refractivity (Wildman–Crippen MR) is 94.7 cm³/mol. The minimum absolute atomic E-state index is 0.0945. The summed E-state index contributed by atoms with van der Waals surface area (Å²) in [7, 11) is 1.53. The van der Waals surface area contributed by atoms with Gasteiger partial charge in [-0.05, 0) is 23.8 Å². The average Bonchev–Trinajstić information content (AvgIpc) is 3.08. The summed E-state index contributed by atoms with van der Waals surface area (Å²) in [5.74, 6) is -0.459. The van der Waals surface area contributed by atoms with Crippen LogP contribution < -0.4 is 15.4 Å². The first-order chi connectivity index (χ1) is 12.7. The molecule has 1 unspecified atom stereocenters. The molecule has 0 saturated heterocycles. The standard InChI is InChI=1S/C18H17N5O3/c1-26-14-6-2-4-10-12(8-15(24)21-16(10)14)18(25)20-9-13-11-5-3-7-19-17(11)23-22-13/h2-7,12H,8-9H2,1H3,(H,20,25)(H,21,24)(H,19,22,23). The van der Waals surface area contributed by atoms with Gasteiger partial charge in [0.1, 0.15) is 5.75 Å². The van der Waals surface area contributed by atoms with Gasteiger partial charge in [0.05, 0.1) is 31.0 Å². The van der Waals surface area contributed by atoms with E-state index >= 15 is 0 Å². The minimum Gasteiger partial charge on any atom is -0.495 e. The molecule has 1 aliphatic heterocycles. The molecule has 3 heterocycles. The van der Waals surface area contributed by atoms with E-state index in [1.807, 2.05) is 24.3 Å². The van der Waals surface area contributed by atoms with Crippen molar-refractivity contribution in [1.82, 2.24) is 20.5 Å². The number of carbonyl (C=O) groups excluding carboxylic acids is 2. The number of para-hydroxylation sites is 1. The number of benzene rings is 1. The number of anilines is 1. The first kappa shape index (κ1) is 16.1. The Balaban J connectivity index is 1.56. The van der Waals surface area contributed by atoms with Crippen LogP contribution in [0.15, 0.2) is 36.5 Å². The van der Waals surface area contributed by atoms with E-state index in [0.717, 1.165) is 16.6 Å². The lowest BCUT2D eigenvalue weighted by Crippen LogP contribution is -2.35. The molecular weight excluding hydrogens is 334 g/mol. The van der Waals surface area contributed by atoms with E-state index in [-0.39, 0.29) is 24.8 Å². The Morgan fingerprint density at radius 1 is 1.35 bits per heavy atom. The lowest BCUT2D eigenvalue weighted by molar-refractivity contribution is -0.126. The third kappa shape index (κ3) is 2.75. The number of nitrogens with one attached hydrogen (secondary N) is 3. The van der Waals surface area contributed by atoms with Gasteiger partial charge in [0.25, 0.3) is 0 Å². The summed E-state index contributed by atoms with van der Waals surface area (Å²) in [6, 6.07) is 9.10. The zero-order valence-electron chi connectivity index (χ0n) is 14.1. The molecule has 0 radical (unpaired) electrons. The van der Waals surface area contributed by atoms with E-state index in [2.05, 4.69) is 25.8 Å². The van der Waals surface area contributed by atoms with Gasteiger partial charge in [-0.1, -0.05) is 12.1 Å². The summed E-state index contributed by atoms with van der Waals surface area (Å²) in [6.07, 6.45) is 1.76. The van der Waals surface area contributed by atoms with Crippen LogP contribution in [0, 0.1) is 0 Å². The number of rotatable bonds is 4. The Morgan fingerprint density at radius 3 is 3.08 bits per heavy atom. The molecule has 2 aromatic heterocycles. The largest absolute Gasteiger partial charge is 0.495 e. The molecule has 1 atom stereocenters. The van der Waals surface area contributed by atoms with Gasteiger partial charge >= 0.3 is 0 Å². The summed E-state index contributed by atoms with van der Waals surface area (Å²) in [6.45, 7) is 0.276. The van der Waals surface area contributed by atoms with Crippen LogP contribution in [-0.4, -0.2) is 34.1 Å². The normalized spacial score (nSPS) is 16.0. The summed E-state index contributed by atoms with van der Waals surface area (Å²) in [4.78, 5) is 29.0. The van der Waals surface area contributed by atoms with Crippen molar-refractivity contribution in [3.8, 4) is 5.75 Å². The number of amides is 2. The van der Waals surface area contributed by atoms with Gasteiger partial charge in [-0.25, -0.2) is 4.98 Å². The van der Waals surface area contributed by atoms with Crippen LogP contribution in [0.2, 0.25) is 0 Å². The topological polar surface area (TPSA) is 109 Å². The lowest BCUT2D eigenvalue weighted by Gasteiger charge is -2.26. The van der Waals surface area contributed by atoms with E-state index in [4.69, 9.17) is 4.74 Å². The number of fused-ring (bicyclic) bond motifs is 2. The first-order valence-electron chi connectivity index (χ1n) is 8.20. The fourth-order valence-electron chi connectivity index (χ4n) is 3.20. The molecular formula is C18H17N5O3. The molecule has 132 valence electrons. The first-order valence-corrected chi connectivity index (χ1v) is 8.20. The van der Waals surface area contributed by atoms with Crippen molar-refractivity contribution in [2.45, 2.75) is 18.9 Å². The van der Waals surface area contributed by atoms with Gasteiger partial charge in [-0.2, -0.15) is 5.10 Å². The number of pyridine rings is 1. The SMILES string of the molecule is COc1cccc2c1NC(=O)CC2C(=O)NCc1[nH]nc2ncccc12. The molecule has 2 amide bonds. The van der Waals surface area contributed by atoms with E-state index in [1.54, 1.807) is 12.3 Å². The van der Waals surface area contributed by atoms with Crippen molar-refractivity contribution >= 4 is 28.5 Å². The fraction of sp³-hybridized carbons (Fsp3) is 0.222. The highest BCUT2D eigenvalue weighted by atomic mass is 16.5. The Hall–Kier alpha value is -3.42. The maximum atomic E-state index is 12.8. The van der Waals surface area contributed by atoms with Crippen molar-refractivity contribution in [2.24, 2.45) is 0 Å². The number of aromatic nitrogens is 3. The fourth-order valence-corrected chi connectivity index (χ4v) is 3.20. The molecule has 3 N–H and O–H groups in total. The monoisotopic (exact) mass is 351 g/mol. The van der Waals surface area contributed by atoms with Crippen LogP contribution >= 0.6 is 0 Å². The van der Waals surface area contributed by atoms with Crippen LogP contribution in [0.5, 0.6) is 5.75 Å². The van der Waals surface area contributed by atoms with Crippen molar-refractivity contribution in [3.05, 3.63) is 47.8 Å². The van der Waals surface area contributed by atoms with Gasteiger partial charge in [0.15, 0.2) is 5.65 Å². The number of aromatic amines is 1. The Kier molecular flexibility index (Phi) is 4.00. The van der Waals surface area contributed by atoms with Gasteiger partial charge in [-0.15, -0.1) is 0 Å². The summed E-state index contributed by atoms with van der Waals surface area (Å²) in [5.41, 5.74) is 2.68. The molecule has 8 nitrogen and oxygen atoms in total. The maximum Gasteiger partial charge on any atom is 0.228 e. The third-order valence-electron chi connectivity index (χ3n) is 4.47. The Bertz CT molecular complexity index is 997. The molecule has 1 aromatic carbocycles. The average molecular weight is 351 g/mol. The van der Waals surface area contributed by atoms with E-state index in [0.29, 0.717) is 17.1 Å². The molecule has 0 spiro atoms. The van der Waals surface area contributed by atoms with Crippen LogP contribution in [0.3, 0.4) is 0 Å². The number of methoxy groups -OCH3 is 1. The molecule has 0 saturated carbocycles. The smallest absolute Gasteiger partial charge is 0.228 e. The molecule has 4 rings (SSSR count). The second-order valence-corrected chi connectivity index (χ2v) is 6.02. The zero-order chi connectivity index (χ0) is 18.1.